The average molecular weight is 197 g/mol. The van der Waals surface area contributed by atoms with E-state index in [9.17, 15) is 0 Å². The topological polar surface area (TPSA) is 12.0 Å². The predicted molar refractivity (Wildman–Crippen MR) is 63.4 cm³/mol. The van der Waals surface area contributed by atoms with Crippen LogP contribution < -0.4 is 5.32 Å². The minimum absolute atomic E-state index is 0.775. The van der Waals surface area contributed by atoms with Crippen LogP contribution in [0.2, 0.25) is 0 Å². The third-order valence-electron chi connectivity index (χ3n) is 3.60. The van der Waals surface area contributed by atoms with Crippen LogP contribution in [0.15, 0.2) is 0 Å². The summed E-state index contributed by atoms with van der Waals surface area (Å²) < 4.78 is 0. The predicted octanol–water partition coefficient (Wildman–Crippen LogP) is 3.45. The minimum atomic E-state index is 0.775. The summed E-state index contributed by atoms with van der Waals surface area (Å²) >= 11 is 0. The Hall–Kier alpha value is -0.0400. The van der Waals surface area contributed by atoms with Crippen LogP contribution >= 0.6 is 0 Å². The van der Waals surface area contributed by atoms with E-state index in [-0.39, 0.29) is 0 Å². The third-order valence-corrected chi connectivity index (χ3v) is 3.60. The van der Waals surface area contributed by atoms with Crippen LogP contribution in [0.5, 0.6) is 0 Å². The van der Waals surface area contributed by atoms with Crippen molar-refractivity contribution in [3.8, 4) is 0 Å². The monoisotopic (exact) mass is 197 g/mol. The molecule has 1 heterocycles. The van der Waals surface area contributed by atoms with Gasteiger partial charge in [0.25, 0.3) is 0 Å². The highest BCUT2D eigenvalue weighted by molar-refractivity contribution is 4.82. The molecule has 1 aliphatic heterocycles. The van der Waals surface area contributed by atoms with E-state index in [1.807, 2.05) is 0 Å². The summed E-state index contributed by atoms with van der Waals surface area (Å²) in [5.74, 6) is 2.48. The lowest BCUT2D eigenvalue weighted by atomic mass is 9.78. The zero-order valence-corrected chi connectivity index (χ0v) is 10.3. The molecule has 0 aromatic rings. The fourth-order valence-corrected chi connectivity index (χ4v) is 3.08. The summed E-state index contributed by atoms with van der Waals surface area (Å²) in [5.41, 5.74) is 0. The summed E-state index contributed by atoms with van der Waals surface area (Å²) in [4.78, 5) is 0. The first-order valence-corrected chi connectivity index (χ1v) is 6.36. The highest BCUT2D eigenvalue weighted by Crippen LogP contribution is 2.28. The Bertz CT molecular complexity index is 135. The maximum Gasteiger partial charge on any atom is 0.0100 e. The van der Waals surface area contributed by atoms with Gasteiger partial charge in [-0.3, -0.25) is 0 Å². The Kier molecular flexibility index (Phi) is 4.94. The highest BCUT2D eigenvalue weighted by Gasteiger charge is 2.27. The van der Waals surface area contributed by atoms with Crippen LogP contribution in [-0.4, -0.2) is 12.6 Å². The van der Waals surface area contributed by atoms with E-state index in [0.29, 0.717) is 0 Å². The molecule has 0 aromatic heterocycles. The van der Waals surface area contributed by atoms with Gasteiger partial charge >= 0.3 is 0 Å². The van der Waals surface area contributed by atoms with Crippen molar-refractivity contribution < 1.29 is 0 Å². The molecule has 0 aromatic carbocycles. The summed E-state index contributed by atoms with van der Waals surface area (Å²) in [6.45, 7) is 10.7. The molecule has 0 radical (unpaired) electrons. The molecular formula is C13H27N. The number of nitrogens with one attached hydrogen (secondary N) is 1. The van der Waals surface area contributed by atoms with E-state index in [2.05, 4.69) is 33.0 Å². The van der Waals surface area contributed by atoms with E-state index in [0.717, 1.165) is 23.8 Å². The van der Waals surface area contributed by atoms with Crippen molar-refractivity contribution in [2.75, 3.05) is 6.54 Å². The lowest BCUT2D eigenvalue weighted by Gasteiger charge is -2.33. The van der Waals surface area contributed by atoms with Gasteiger partial charge in [-0.25, -0.2) is 0 Å². The van der Waals surface area contributed by atoms with Gasteiger partial charge in [-0.1, -0.05) is 40.5 Å². The molecule has 1 saturated heterocycles. The van der Waals surface area contributed by atoms with Gasteiger partial charge in [0.1, 0.15) is 0 Å². The molecule has 1 rings (SSSR count). The van der Waals surface area contributed by atoms with Crippen LogP contribution in [-0.2, 0) is 0 Å². The van der Waals surface area contributed by atoms with Gasteiger partial charge in [-0.05, 0) is 37.1 Å². The fourth-order valence-electron chi connectivity index (χ4n) is 3.08. The molecule has 1 atom stereocenters. The zero-order valence-electron chi connectivity index (χ0n) is 10.3. The summed E-state index contributed by atoms with van der Waals surface area (Å²) in [5, 5.41) is 3.74. The Balaban J connectivity index is 2.56. The smallest absolute Gasteiger partial charge is 0.0100 e. The summed E-state index contributed by atoms with van der Waals surface area (Å²) in [6, 6.07) is 0.775. The first-order valence-electron chi connectivity index (χ1n) is 6.36. The first-order chi connectivity index (χ1) is 6.63. The summed E-state index contributed by atoms with van der Waals surface area (Å²) in [6.07, 6.45) is 5.61. The largest absolute Gasteiger partial charge is 0.314 e. The van der Waals surface area contributed by atoms with E-state index in [4.69, 9.17) is 0 Å². The Morgan fingerprint density at radius 2 is 1.57 bits per heavy atom. The van der Waals surface area contributed by atoms with Crippen LogP contribution in [0.25, 0.3) is 0 Å². The normalized spacial score (nSPS) is 24.6. The fraction of sp³-hybridized carbons (Fsp3) is 1.00. The van der Waals surface area contributed by atoms with Crippen LogP contribution in [0.1, 0.15) is 53.4 Å². The van der Waals surface area contributed by atoms with Gasteiger partial charge < -0.3 is 5.32 Å². The van der Waals surface area contributed by atoms with E-state index >= 15 is 0 Å². The molecule has 84 valence electrons. The Morgan fingerprint density at radius 3 is 2.14 bits per heavy atom. The molecule has 1 heteroatoms. The van der Waals surface area contributed by atoms with E-state index in [1.54, 1.807) is 0 Å². The number of hydrogen-bond acceptors (Lipinski definition) is 1. The molecule has 0 aliphatic carbocycles. The van der Waals surface area contributed by atoms with Crippen molar-refractivity contribution in [3.63, 3.8) is 0 Å². The van der Waals surface area contributed by atoms with Crippen molar-refractivity contribution in [2.45, 2.75) is 59.4 Å². The molecule has 0 bridgehead atoms. The number of rotatable bonds is 3. The standard InChI is InChI=1S/C13H27N/c1-10(2)13(11(3)4)12-8-6-5-7-9-14-12/h10-14H,5-9H2,1-4H3. The van der Waals surface area contributed by atoms with Gasteiger partial charge in [0.2, 0.25) is 0 Å². The quantitative estimate of drug-likeness (QED) is 0.731. The second-order valence-electron chi connectivity index (χ2n) is 5.48. The zero-order chi connectivity index (χ0) is 10.6. The molecular weight excluding hydrogens is 170 g/mol. The van der Waals surface area contributed by atoms with E-state index < -0.39 is 0 Å². The van der Waals surface area contributed by atoms with E-state index in [1.165, 1.54) is 32.2 Å². The van der Waals surface area contributed by atoms with Gasteiger partial charge in [-0.2, -0.15) is 0 Å². The highest BCUT2D eigenvalue weighted by atomic mass is 14.9. The molecule has 14 heavy (non-hydrogen) atoms. The lowest BCUT2D eigenvalue weighted by molar-refractivity contribution is 0.204. The summed E-state index contributed by atoms with van der Waals surface area (Å²) in [7, 11) is 0. The van der Waals surface area contributed by atoms with Crippen molar-refractivity contribution in [1.82, 2.24) is 5.32 Å². The third kappa shape index (κ3) is 3.27. The van der Waals surface area contributed by atoms with Gasteiger partial charge in [-0.15, -0.1) is 0 Å². The van der Waals surface area contributed by atoms with Crippen molar-refractivity contribution in [1.29, 1.82) is 0 Å². The maximum absolute atomic E-state index is 3.74. The second kappa shape index (κ2) is 5.75. The maximum atomic E-state index is 3.74. The molecule has 0 saturated carbocycles. The van der Waals surface area contributed by atoms with Gasteiger partial charge in [0.15, 0.2) is 0 Å². The Labute approximate surface area is 89.7 Å². The molecule has 1 nitrogen and oxygen atoms in total. The average Bonchev–Trinajstić information content (AvgIpc) is 2.31. The second-order valence-corrected chi connectivity index (χ2v) is 5.48. The molecule has 1 aliphatic rings. The minimum Gasteiger partial charge on any atom is -0.314 e. The first kappa shape index (κ1) is 12.0. The van der Waals surface area contributed by atoms with Crippen LogP contribution in [0.4, 0.5) is 0 Å². The SMILES string of the molecule is CC(C)C(C(C)C)C1CCCCCN1. The molecule has 1 unspecified atom stereocenters. The molecule has 1 fully saturated rings. The number of hydrogen-bond donors (Lipinski definition) is 1. The lowest BCUT2D eigenvalue weighted by Crippen LogP contribution is -2.40. The van der Waals surface area contributed by atoms with Crippen LogP contribution in [0.3, 0.4) is 0 Å². The Morgan fingerprint density at radius 1 is 0.929 bits per heavy atom. The van der Waals surface area contributed by atoms with Gasteiger partial charge in [0.05, 0.1) is 0 Å². The van der Waals surface area contributed by atoms with Crippen molar-refractivity contribution >= 4 is 0 Å². The molecule has 1 N–H and O–H groups in total. The molecule has 0 spiro atoms. The van der Waals surface area contributed by atoms with Crippen molar-refractivity contribution in [3.05, 3.63) is 0 Å². The van der Waals surface area contributed by atoms with Crippen LogP contribution in [0, 0.1) is 17.8 Å². The molecule has 0 amide bonds. The van der Waals surface area contributed by atoms with Crippen molar-refractivity contribution in [2.24, 2.45) is 17.8 Å². The van der Waals surface area contributed by atoms with Gasteiger partial charge in [0, 0.05) is 6.04 Å².